The second-order valence-electron chi connectivity index (χ2n) is 6.85. The van der Waals surface area contributed by atoms with Crippen LogP contribution in [-0.2, 0) is 9.59 Å². The fraction of sp³-hybridized carbons (Fsp3) is 0.579. The molecule has 0 spiro atoms. The zero-order valence-corrected chi connectivity index (χ0v) is 14.6. The molecule has 1 unspecified atom stereocenters. The zero-order chi connectivity index (χ0) is 17.6. The van der Waals surface area contributed by atoms with Crippen molar-refractivity contribution in [3.05, 3.63) is 30.3 Å². The number of rotatable bonds is 6. The van der Waals surface area contributed by atoms with Crippen molar-refractivity contribution >= 4 is 17.6 Å². The fourth-order valence-electron chi connectivity index (χ4n) is 3.79. The van der Waals surface area contributed by atoms with Crippen LogP contribution in [0.25, 0.3) is 0 Å². The van der Waals surface area contributed by atoms with Crippen molar-refractivity contribution in [2.75, 3.05) is 44.2 Å². The van der Waals surface area contributed by atoms with Gasteiger partial charge in [-0.15, -0.1) is 0 Å². The topological polar surface area (TPSA) is 64.1 Å². The number of hydrogen-bond donors (Lipinski definition) is 1. The minimum absolute atomic E-state index is 0.00665. The number of hydrogen-bond acceptors (Lipinski definition) is 4. The van der Waals surface area contributed by atoms with Gasteiger partial charge in [-0.1, -0.05) is 18.2 Å². The molecule has 1 N–H and O–H groups in total. The predicted octanol–water partition coefficient (Wildman–Crippen LogP) is 1.66. The Bertz CT molecular complexity index is 585. The monoisotopic (exact) mass is 345 g/mol. The van der Waals surface area contributed by atoms with E-state index in [1.54, 1.807) is 4.90 Å². The van der Waals surface area contributed by atoms with Gasteiger partial charge < -0.3 is 14.9 Å². The standard InChI is InChI=1S/C19H27N3O3/c23-18(22-11-4-8-17(22)19(24)25)9-5-10-20-12-14-21(15-13-20)16-6-2-1-3-7-16/h1-3,6-7,17H,4-5,8-15H2,(H,24,25). The smallest absolute Gasteiger partial charge is 0.326 e. The van der Waals surface area contributed by atoms with E-state index in [0.29, 0.717) is 19.4 Å². The molecule has 1 aromatic carbocycles. The van der Waals surface area contributed by atoms with Gasteiger partial charge in [0.2, 0.25) is 5.91 Å². The molecule has 2 aliphatic rings. The summed E-state index contributed by atoms with van der Waals surface area (Å²) >= 11 is 0. The van der Waals surface area contributed by atoms with E-state index in [1.807, 2.05) is 6.07 Å². The van der Waals surface area contributed by atoms with Gasteiger partial charge in [-0.05, 0) is 37.9 Å². The largest absolute Gasteiger partial charge is 0.480 e. The quantitative estimate of drug-likeness (QED) is 0.850. The lowest BCUT2D eigenvalue weighted by Gasteiger charge is -2.36. The third kappa shape index (κ3) is 4.51. The van der Waals surface area contributed by atoms with Crippen LogP contribution in [0.4, 0.5) is 5.69 Å². The maximum absolute atomic E-state index is 12.3. The number of carboxylic acids is 1. The van der Waals surface area contributed by atoms with E-state index >= 15 is 0 Å². The molecule has 25 heavy (non-hydrogen) atoms. The maximum Gasteiger partial charge on any atom is 0.326 e. The van der Waals surface area contributed by atoms with Gasteiger partial charge in [0.15, 0.2) is 0 Å². The molecular formula is C19H27N3O3. The average Bonchev–Trinajstić information content (AvgIpc) is 3.13. The Kier molecular flexibility index (Phi) is 5.91. The summed E-state index contributed by atoms with van der Waals surface area (Å²) in [5.74, 6) is -0.879. The van der Waals surface area contributed by atoms with Crippen molar-refractivity contribution in [3.63, 3.8) is 0 Å². The number of carboxylic acid groups (broad SMARTS) is 1. The summed E-state index contributed by atoms with van der Waals surface area (Å²) in [6.45, 7) is 5.51. The number of para-hydroxylation sites is 1. The molecule has 6 nitrogen and oxygen atoms in total. The number of carbonyl (C=O) groups is 2. The number of anilines is 1. The van der Waals surface area contributed by atoms with Gasteiger partial charge in [-0.3, -0.25) is 9.69 Å². The van der Waals surface area contributed by atoms with E-state index in [-0.39, 0.29) is 5.91 Å². The number of carbonyl (C=O) groups excluding carboxylic acids is 1. The highest BCUT2D eigenvalue weighted by Gasteiger charge is 2.33. The molecule has 0 aliphatic carbocycles. The molecule has 2 aliphatic heterocycles. The normalized spacial score (nSPS) is 21.5. The van der Waals surface area contributed by atoms with Crippen LogP contribution in [0.1, 0.15) is 25.7 Å². The molecule has 0 bridgehead atoms. The van der Waals surface area contributed by atoms with Gasteiger partial charge in [-0.25, -0.2) is 4.79 Å². The van der Waals surface area contributed by atoms with Crippen LogP contribution < -0.4 is 4.90 Å². The molecule has 2 saturated heterocycles. The van der Waals surface area contributed by atoms with Crippen LogP contribution in [0.5, 0.6) is 0 Å². The first kappa shape index (κ1) is 17.7. The summed E-state index contributed by atoms with van der Waals surface area (Å²) < 4.78 is 0. The highest BCUT2D eigenvalue weighted by Crippen LogP contribution is 2.19. The van der Waals surface area contributed by atoms with E-state index in [0.717, 1.165) is 45.6 Å². The number of amides is 1. The Morgan fingerprint density at radius 2 is 1.76 bits per heavy atom. The van der Waals surface area contributed by atoms with E-state index in [2.05, 4.69) is 34.1 Å². The van der Waals surface area contributed by atoms with E-state index in [1.165, 1.54) is 5.69 Å². The van der Waals surface area contributed by atoms with Crippen molar-refractivity contribution in [2.45, 2.75) is 31.7 Å². The van der Waals surface area contributed by atoms with Crippen LogP contribution in [-0.4, -0.2) is 72.1 Å². The number of likely N-dealkylation sites (tertiary alicyclic amines) is 1. The number of aliphatic carboxylic acids is 1. The first-order valence-corrected chi connectivity index (χ1v) is 9.20. The molecule has 1 aromatic rings. The summed E-state index contributed by atoms with van der Waals surface area (Å²) in [4.78, 5) is 29.8. The third-order valence-corrected chi connectivity index (χ3v) is 5.22. The molecule has 2 fully saturated rings. The lowest BCUT2D eigenvalue weighted by molar-refractivity contribution is -0.148. The van der Waals surface area contributed by atoms with E-state index in [9.17, 15) is 14.7 Å². The van der Waals surface area contributed by atoms with Crippen LogP contribution in [0, 0.1) is 0 Å². The Morgan fingerprint density at radius 3 is 2.44 bits per heavy atom. The number of nitrogens with zero attached hydrogens (tertiary/aromatic N) is 3. The lowest BCUT2D eigenvalue weighted by atomic mass is 10.2. The van der Waals surface area contributed by atoms with Crippen molar-refractivity contribution < 1.29 is 14.7 Å². The highest BCUT2D eigenvalue weighted by molar-refractivity contribution is 5.84. The molecule has 0 aromatic heterocycles. The lowest BCUT2D eigenvalue weighted by Crippen LogP contribution is -2.47. The van der Waals surface area contributed by atoms with Crippen LogP contribution in [0.3, 0.4) is 0 Å². The Morgan fingerprint density at radius 1 is 1.04 bits per heavy atom. The summed E-state index contributed by atoms with van der Waals surface area (Å²) in [6, 6.07) is 9.84. The Balaban J connectivity index is 1.37. The van der Waals surface area contributed by atoms with Crippen molar-refractivity contribution in [3.8, 4) is 0 Å². The third-order valence-electron chi connectivity index (χ3n) is 5.22. The number of benzene rings is 1. The van der Waals surface area contributed by atoms with Crippen LogP contribution in [0.2, 0.25) is 0 Å². The van der Waals surface area contributed by atoms with Gasteiger partial charge >= 0.3 is 5.97 Å². The van der Waals surface area contributed by atoms with Crippen molar-refractivity contribution in [1.82, 2.24) is 9.80 Å². The molecule has 2 heterocycles. The molecule has 6 heteroatoms. The minimum Gasteiger partial charge on any atom is -0.480 e. The van der Waals surface area contributed by atoms with Crippen LogP contribution >= 0.6 is 0 Å². The van der Waals surface area contributed by atoms with Gasteiger partial charge in [0.1, 0.15) is 6.04 Å². The summed E-state index contributed by atoms with van der Waals surface area (Å²) in [6.07, 6.45) is 2.63. The SMILES string of the molecule is O=C(O)C1CCCN1C(=O)CCCN1CCN(c2ccccc2)CC1. The van der Waals surface area contributed by atoms with Crippen LogP contribution in [0.15, 0.2) is 30.3 Å². The molecule has 3 rings (SSSR count). The highest BCUT2D eigenvalue weighted by atomic mass is 16.4. The van der Waals surface area contributed by atoms with Gasteiger partial charge in [0, 0.05) is 44.8 Å². The molecule has 1 amide bonds. The second kappa shape index (κ2) is 8.34. The van der Waals surface area contributed by atoms with Crippen molar-refractivity contribution in [1.29, 1.82) is 0 Å². The maximum atomic E-state index is 12.3. The Labute approximate surface area is 149 Å². The van der Waals surface area contributed by atoms with E-state index in [4.69, 9.17) is 0 Å². The molecule has 0 saturated carbocycles. The molecule has 1 atom stereocenters. The summed E-state index contributed by atoms with van der Waals surface area (Å²) in [5.41, 5.74) is 1.27. The molecular weight excluding hydrogens is 318 g/mol. The second-order valence-corrected chi connectivity index (χ2v) is 6.85. The van der Waals surface area contributed by atoms with Gasteiger partial charge in [0.05, 0.1) is 0 Å². The van der Waals surface area contributed by atoms with Gasteiger partial charge in [-0.2, -0.15) is 0 Å². The average molecular weight is 345 g/mol. The fourth-order valence-corrected chi connectivity index (χ4v) is 3.79. The predicted molar refractivity (Wildman–Crippen MR) is 96.7 cm³/mol. The Hall–Kier alpha value is -2.08. The summed E-state index contributed by atoms with van der Waals surface area (Å²) in [7, 11) is 0. The zero-order valence-electron chi connectivity index (χ0n) is 14.6. The van der Waals surface area contributed by atoms with E-state index < -0.39 is 12.0 Å². The first-order chi connectivity index (χ1) is 12.1. The first-order valence-electron chi connectivity index (χ1n) is 9.20. The number of piperazine rings is 1. The van der Waals surface area contributed by atoms with Gasteiger partial charge in [0.25, 0.3) is 0 Å². The van der Waals surface area contributed by atoms with Crippen molar-refractivity contribution in [2.24, 2.45) is 0 Å². The molecule has 0 radical (unpaired) electrons. The summed E-state index contributed by atoms with van der Waals surface area (Å²) in [5, 5.41) is 9.17. The minimum atomic E-state index is -0.872. The molecule has 136 valence electrons.